The van der Waals surface area contributed by atoms with Crippen molar-refractivity contribution in [3.8, 4) is 0 Å². The molecule has 1 aliphatic heterocycles. The zero-order chi connectivity index (χ0) is 22.8. The first-order valence-corrected chi connectivity index (χ1v) is 11.3. The number of carbonyl (C=O) groups excluding carboxylic acids is 2. The Labute approximate surface area is 186 Å². The predicted molar refractivity (Wildman–Crippen MR) is 126 cm³/mol. The second kappa shape index (κ2) is 12.1. The third kappa shape index (κ3) is 7.74. The lowest BCUT2D eigenvalue weighted by atomic mass is 9.91. The van der Waals surface area contributed by atoms with Gasteiger partial charge in [-0.15, -0.1) is 0 Å². The first-order chi connectivity index (χ1) is 14.8. The van der Waals surface area contributed by atoms with Crippen LogP contribution >= 0.6 is 0 Å². The highest BCUT2D eigenvalue weighted by Crippen LogP contribution is 2.21. The van der Waals surface area contributed by atoms with Gasteiger partial charge in [-0.2, -0.15) is 0 Å². The van der Waals surface area contributed by atoms with Crippen LogP contribution in [0.5, 0.6) is 0 Å². The number of aliphatic imine (C=N–C) groups is 1. The molecule has 2 rings (SSSR count). The van der Waals surface area contributed by atoms with Crippen LogP contribution in [-0.2, 0) is 9.59 Å². The zero-order valence-corrected chi connectivity index (χ0v) is 19.3. The van der Waals surface area contributed by atoms with Crippen molar-refractivity contribution in [3.63, 3.8) is 0 Å². The molecule has 0 spiro atoms. The summed E-state index contributed by atoms with van der Waals surface area (Å²) in [6.07, 6.45) is 12.7. The third-order valence-electron chi connectivity index (χ3n) is 5.28. The molecule has 0 unspecified atom stereocenters. The standard InChI is InChI=1S/C24H37N5O2/c1-6-8-9-20-21(24(31)27-16(3)4)15-26-23(20)25-14-17(5)28-18-10-12-19(13-11-18)29-22(30)7-2/h7,9,14-16,18-19,28H,2,6,8,10-13H2,1,3-5H3,(H,25,26)(H,27,31)(H,29,30)/b17-14+,20-9+. The molecule has 1 aliphatic carbocycles. The topological polar surface area (TPSA) is 94.6 Å². The van der Waals surface area contributed by atoms with Gasteiger partial charge in [-0.05, 0) is 59.0 Å². The van der Waals surface area contributed by atoms with E-state index in [-0.39, 0.29) is 23.9 Å². The van der Waals surface area contributed by atoms with Crippen molar-refractivity contribution in [3.05, 3.63) is 48.0 Å². The van der Waals surface area contributed by atoms with E-state index in [4.69, 9.17) is 0 Å². The Morgan fingerprint density at radius 2 is 1.87 bits per heavy atom. The van der Waals surface area contributed by atoms with E-state index in [0.717, 1.165) is 49.8 Å². The van der Waals surface area contributed by atoms with Crippen molar-refractivity contribution in [2.45, 2.75) is 84.3 Å². The summed E-state index contributed by atoms with van der Waals surface area (Å²) in [4.78, 5) is 28.6. The fourth-order valence-corrected chi connectivity index (χ4v) is 3.72. The third-order valence-corrected chi connectivity index (χ3v) is 5.28. The van der Waals surface area contributed by atoms with Crippen LogP contribution in [0.3, 0.4) is 0 Å². The van der Waals surface area contributed by atoms with Crippen molar-refractivity contribution in [1.29, 1.82) is 0 Å². The highest BCUT2D eigenvalue weighted by molar-refractivity contribution is 6.16. The molecule has 2 amide bonds. The smallest absolute Gasteiger partial charge is 0.253 e. The van der Waals surface area contributed by atoms with Gasteiger partial charge in [0, 0.05) is 41.8 Å². The molecule has 7 heteroatoms. The van der Waals surface area contributed by atoms with Gasteiger partial charge in [0.15, 0.2) is 0 Å². The van der Waals surface area contributed by atoms with Gasteiger partial charge in [0.1, 0.15) is 5.84 Å². The number of carbonyl (C=O) groups is 2. The first kappa shape index (κ1) is 24.4. The van der Waals surface area contributed by atoms with E-state index in [9.17, 15) is 9.59 Å². The number of hydrogen-bond acceptors (Lipinski definition) is 4. The van der Waals surface area contributed by atoms with Crippen LogP contribution in [0.4, 0.5) is 0 Å². The van der Waals surface area contributed by atoms with Gasteiger partial charge >= 0.3 is 0 Å². The molecule has 31 heavy (non-hydrogen) atoms. The van der Waals surface area contributed by atoms with Crippen LogP contribution in [0.25, 0.3) is 0 Å². The van der Waals surface area contributed by atoms with E-state index in [1.165, 1.54) is 6.08 Å². The van der Waals surface area contributed by atoms with Crippen LogP contribution in [0, 0.1) is 0 Å². The molecule has 4 N–H and O–H groups in total. The lowest BCUT2D eigenvalue weighted by molar-refractivity contribution is -0.118. The summed E-state index contributed by atoms with van der Waals surface area (Å²) >= 11 is 0. The second-order valence-electron chi connectivity index (χ2n) is 8.43. The Morgan fingerprint density at radius 3 is 2.45 bits per heavy atom. The number of unbranched alkanes of at least 4 members (excludes halogenated alkanes) is 1. The molecule has 0 aromatic carbocycles. The van der Waals surface area contributed by atoms with Gasteiger partial charge < -0.3 is 21.3 Å². The predicted octanol–water partition coefficient (Wildman–Crippen LogP) is 3.19. The van der Waals surface area contributed by atoms with E-state index < -0.39 is 0 Å². The highest BCUT2D eigenvalue weighted by Gasteiger charge is 2.24. The summed E-state index contributed by atoms with van der Waals surface area (Å²) in [6.45, 7) is 11.5. The van der Waals surface area contributed by atoms with Crippen LogP contribution in [0.1, 0.15) is 66.2 Å². The normalized spacial score (nSPS) is 24.0. The number of allylic oxidation sites excluding steroid dienone is 2. The number of amidine groups is 1. The van der Waals surface area contributed by atoms with E-state index in [1.54, 1.807) is 6.20 Å². The monoisotopic (exact) mass is 427 g/mol. The Kier molecular flexibility index (Phi) is 9.56. The number of hydrogen-bond donors (Lipinski definition) is 4. The molecular weight excluding hydrogens is 390 g/mol. The van der Waals surface area contributed by atoms with E-state index in [1.807, 2.05) is 27.0 Å². The number of nitrogens with zero attached hydrogens (tertiary/aromatic N) is 1. The van der Waals surface area contributed by atoms with Gasteiger partial charge in [0.05, 0.1) is 5.57 Å². The molecule has 0 radical (unpaired) electrons. The maximum Gasteiger partial charge on any atom is 0.253 e. The summed E-state index contributed by atoms with van der Waals surface area (Å²) in [5.41, 5.74) is 2.45. The average molecular weight is 428 g/mol. The molecule has 2 aliphatic rings. The minimum absolute atomic E-state index is 0.0772. The summed E-state index contributed by atoms with van der Waals surface area (Å²) in [6, 6.07) is 0.669. The summed E-state index contributed by atoms with van der Waals surface area (Å²) < 4.78 is 0. The minimum Gasteiger partial charge on any atom is -0.385 e. The summed E-state index contributed by atoms with van der Waals surface area (Å²) in [5.74, 6) is 0.503. The van der Waals surface area contributed by atoms with Crippen LogP contribution < -0.4 is 21.3 Å². The minimum atomic E-state index is -0.102. The lowest BCUT2D eigenvalue weighted by Crippen LogP contribution is -2.41. The lowest BCUT2D eigenvalue weighted by Gasteiger charge is -2.30. The fourth-order valence-electron chi connectivity index (χ4n) is 3.72. The molecule has 1 saturated carbocycles. The maximum atomic E-state index is 12.5. The van der Waals surface area contributed by atoms with Crippen LogP contribution in [-0.4, -0.2) is 35.8 Å². The molecule has 7 nitrogen and oxygen atoms in total. The molecule has 170 valence electrons. The summed E-state index contributed by atoms with van der Waals surface area (Å²) in [7, 11) is 0. The maximum absolute atomic E-state index is 12.5. The number of rotatable bonds is 9. The molecule has 0 aromatic rings. The van der Waals surface area contributed by atoms with Crippen molar-refractivity contribution in [2.75, 3.05) is 0 Å². The Hall–Kier alpha value is -2.83. The molecule has 0 bridgehead atoms. The number of amides is 2. The van der Waals surface area contributed by atoms with Gasteiger partial charge in [-0.25, -0.2) is 4.99 Å². The Morgan fingerprint density at radius 1 is 1.23 bits per heavy atom. The number of nitrogens with one attached hydrogen (secondary N) is 4. The largest absolute Gasteiger partial charge is 0.385 e. The Bertz CT molecular complexity index is 784. The van der Waals surface area contributed by atoms with Crippen molar-refractivity contribution in [1.82, 2.24) is 21.3 Å². The quantitative estimate of drug-likeness (QED) is 0.425. The van der Waals surface area contributed by atoms with E-state index >= 15 is 0 Å². The molecule has 1 heterocycles. The zero-order valence-electron chi connectivity index (χ0n) is 19.3. The fraction of sp³-hybridized carbons (Fsp3) is 0.542. The first-order valence-electron chi connectivity index (χ1n) is 11.3. The van der Waals surface area contributed by atoms with Crippen molar-refractivity contribution < 1.29 is 9.59 Å². The van der Waals surface area contributed by atoms with Gasteiger partial charge in [-0.1, -0.05) is 26.0 Å². The van der Waals surface area contributed by atoms with Gasteiger partial charge in [0.25, 0.3) is 5.91 Å². The van der Waals surface area contributed by atoms with Gasteiger partial charge in [0.2, 0.25) is 5.91 Å². The van der Waals surface area contributed by atoms with Crippen molar-refractivity contribution in [2.24, 2.45) is 4.99 Å². The van der Waals surface area contributed by atoms with E-state index in [0.29, 0.717) is 17.5 Å². The molecule has 0 saturated heterocycles. The Balaban J connectivity index is 1.97. The SMILES string of the molecule is C=CC(=O)NC1CCC(N/C(C)=C/N=C2/NC=C(C(=O)NC(C)C)/C2=C\CCC)CC1. The van der Waals surface area contributed by atoms with E-state index in [2.05, 4.69) is 45.8 Å². The van der Waals surface area contributed by atoms with Crippen molar-refractivity contribution >= 4 is 17.6 Å². The van der Waals surface area contributed by atoms with Crippen LogP contribution in [0.15, 0.2) is 53.0 Å². The van der Waals surface area contributed by atoms with Crippen LogP contribution in [0.2, 0.25) is 0 Å². The molecule has 0 aromatic heterocycles. The molecule has 0 atom stereocenters. The highest BCUT2D eigenvalue weighted by atomic mass is 16.2. The van der Waals surface area contributed by atoms with Gasteiger partial charge in [-0.3, -0.25) is 9.59 Å². The summed E-state index contributed by atoms with van der Waals surface area (Å²) in [5, 5.41) is 12.6. The molecule has 1 fully saturated rings. The molecular formula is C24H37N5O2. The second-order valence-corrected chi connectivity index (χ2v) is 8.43. The average Bonchev–Trinajstić information content (AvgIpc) is 3.14.